The van der Waals surface area contributed by atoms with Crippen LogP contribution in [-0.4, -0.2) is 5.92 Å². The Balaban J connectivity index is 1.54. The number of hydrogen-bond donors (Lipinski definition) is 0. The summed E-state index contributed by atoms with van der Waals surface area (Å²) in [6.07, 6.45) is 11.0. The van der Waals surface area contributed by atoms with Crippen LogP contribution in [0.4, 0.5) is 8.78 Å². The molecule has 2 saturated carbocycles. The fraction of sp³-hybridized carbons (Fsp3) is 0.667. The Morgan fingerprint density at radius 3 is 2.31 bits per heavy atom. The summed E-state index contributed by atoms with van der Waals surface area (Å²) in [5, 5.41) is 0. The number of rotatable bonds is 6. The summed E-state index contributed by atoms with van der Waals surface area (Å²) in [6.45, 7) is 5.94. The monoisotopic (exact) mass is 360 g/mol. The topological polar surface area (TPSA) is 0 Å². The number of hydrogen-bond acceptors (Lipinski definition) is 0. The molecular formula is C24H34F2. The molecule has 144 valence electrons. The summed E-state index contributed by atoms with van der Waals surface area (Å²) >= 11 is 0. The van der Waals surface area contributed by atoms with Crippen molar-refractivity contribution in [3.63, 3.8) is 0 Å². The standard InChI is InChI=1S/C24H34F2/c1-3-5-6-19-9-16-23(24(25,26)17-19)22-14-12-21(13-15-22)20-10-7-18(4-2)8-11-20/h4,7-8,10-11,19,21-23H,2-3,5-6,9,12-17H2,1H3. The van der Waals surface area contributed by atoms with Gasteiger partial charge in [-0.3, -0.25) is 0 Å². The molecule has 0 saturated heterocycles. The molecule has 0 radical (unpaired) electrons. The van der Waals surface area contributed by atoms with Gasteiger partial charge in [0.1, 0.15) is 0 Å². The van der Waals surface area contributed by atoms with Crippen LogP contribution < -0.4 is 0 Å². The zero-order valence-electron chi connectivity index (χ0n) is 16.2. The Bertz CT molecular complexity index is 566. The molecule has 0 aromatic heterocycles. The van der Waals surface area contributed by atoms with Crippen LogP contribution in [0.25, 0.3) is 6.08 Å². The van der Waals surface area contributed by atoms with E-state index in [2.05, 4.69) is 37.8 Å². The molecule has 2 aliphatic rings. The van der Waals surface area contributed by atoms with Crippen molar-refractivity contribution in [2.75, 3.05) is 0 Å². The van der Waals surface area contributed by atoms with Gasteiger partial charge in [0.25, 0.3) is 5.92 Å². The van der Waals surface area contributed by atoms with Crippen molar-refractivity contribution in [3.05, 3.63) is 42.0 Å². The van der Waals surface area contributed by atoms with Crippen molar-refractivity contribution < 1.29 is 8.78 Å². The predicted molar refractivity (Wildman–Crippen MR) is 107 cm³/mol. The molecule has 0 aliphatic heterocycles. The Kier molecular flexibility index (Phi) is 6.53. The molecule has 2 heteroatoms. The molecule has 3 rings (SSSR count). The number of alkyl halides is 2. The lowest BCUT2D eigenvalue weighted by molar-refractivity contribution is -0.127. The van der Waals surface area contributed by atoms with Gasteiger partial charge in [0, 0.05) is 12.3 Å². The molecule has 2 aliphatic carbocycles. The molecular weight excluding hydrogens is 326 g/mol. The molecule has 26 heavy (non-hydrogen) atoms. The second-order valence-electron chi connectivity index (χ2n) is 8.64. The largest absolute Gasteiger partial charge is 0.251 e. The van der Waals surface area contributed by atoms with Gasteiger partial charge in [-0.2, -0.15) is 0 Å². The Hall–Kier alpha value is -1.18. The molecule has 1 aromatic rings. The van der Waals surface area contributed by atoms with Crippen molar-refractivity contribution in [1.29, 1.82) is 0 Å². The summed E-state index contributed by atoms with van der Waals surface area (Å²) in [6, 6.07) is 8.60. The third-order valence-corrected chi connectivity index (χ3v) is 6.94. The molecule has 0 N–H and O–H groups in total. The van der Waals surface area contributed by atoms with Crippen LogP contribution in [-0.2, 0) is 0 Å². The minimum Gasteiger partial charge on any atom is -0.207 e. The van der Waals surface area contributed by atoms with Crippen molar-refractivity contribution in [2.45, 2.75) is 83.0 Å². The fourth-order valence-electron chi connectivity index (χ4n) is 5.34. The predicted octanol–water partition coefficient (Wildman–Crippen LogP) is 7.85. The van der Waals surface area contributed by atoms with Gasteiger partial charge < -0.3 is 0 Å². The molecule has 0 spiro atoms. The van der Waals surface area contributed by atoms with Crippen LogP contribution in [0.5, 0.6) is 0 Å². The molecule has 0 nitrogen and oxygen atoms in total. The normalized spacial score (nSPS) is 31.5. The third-order valence-electron chi connectivity index (χ3n) is 6.94. The summed E-state index contributed by atoms with van der Waals surface area (Å²) < 4.78 is 29.6. The Labute approximate surface area is 158 Å². The summed E-state index contributed by atoms with van der Waals surface area (Å²) in [7, 11) is 0. The smallest absolute Gasteiger partial charge is 0.207 e. The maximum Gasteiger partial charge on any atom is 0.251 e. The highest BCUT2D eigenvalue weighted by molar-refractivity contribution is 5.47. The summed E-state index contributed by atoms with van der Waals surface area (Å²) in [5.74, 6) is -1.80. The van der Waals surface area contributed by atoms with E-state index in [-0.39, 0.29) is 24.2 Å². The fourth-order valence-corrected chi connectivity index (χ4v) is 5.34. The molecule has 2 atom stereocenters. The van der Waals surface area contributed by atoms with Crippen molar-refractivity contribution in [1.82, 2.24) is 0 Å². The molecule has 0 amide bonds. The second-order valence-corrected chi connectivity index (χ2v) is 8.64. The molecule has 0 heterocycles. The van der Waals surface area contributed by atoms with Crippen LogP contribution in [0.2, 0.25) is 0 Å². The van der Waals surface area contributed by atoms with E-state index in [4.69, 9.17) is 0 Å². The highest BCUT2D eigenvalue weighted by Crippen LogP contribution is 2.50. The minimum absolute atomic E-state index is 0.139. The van der Waals surface area contributed by atoms with E-state index in [1.165, 1.54) is 5.56 Å². The average Bonchev–Trinajstić information content (AvgIpc) is 2.66. The van der Waals surface area contributed by atoms with Gasteiger partial charge in [0.05, 0.1) is 0 Å². The van der Waals surface area contributed by atoms with E-state index in [0.29, 0.717) is 5.92 Å². The van der Waals surface area contributed by atoms with Crippen molar-refractivity contribution in [3.8, 4) is 0 Å². The second kappa shape index (κ2) is 8.67. The summed E-state index contributed by atoms with van der Waals surface area (Å²) in [4.78, 5) is 0. The quantitative estimate of drug-likeness (QED) is 0.484. The van der Waals surface area contributed by atoms with E-state index in [0.717, 1.165) is 63.4 Å². The van der Waals surface area contributed by atoms with Crippen molar-refractivity contribution in [2.24, 2.45) is 17.8 Å². The van der Waals surface area contributed by atoms with E-state index < -0.39 is 5.92 Å². The van der Waals surface area contributed by atoms with Gasteiger partial charge in [-0.15, -0.1) is 0 Å². The van der Waals surface area contributed by atoms with E-state index >= 15 is 0 Å². The number of halogens is 2. The minimum atomic E-state index is -2.44. The van der Waals surface area contributed by atoms with Gasteiger partial charge in [0.2, 0.25) is 0 Å². The van der Waals surface area contributed by atoms with Gasteiger partial charge >= 0.3 is 0 Å². The molecule has 2 unspecified atom stereocenters. The zero-order valence-corrected chi connectivity index (χ0v) is 16.2. The maximum absolute atomic E-state index is 14.8. The molecule has 0 bridgehead atoms. The first kappa shape index (κ1) is 19.6. The first-order chi connectivity index (χ1) is 12.5. The third kappa shape index (κ3) is 4.56. The maximum atomic E-state index is 14.8. The summed E-state index contributed by atoms with van der Waals surface area (Å²) in [5.41, 5.74) is 2.51. The van der Waals surface area contributed by atoms with Gasteiger partial charge in [-0.05, 0) is 67.4 Å². The lowest BCUT2D eigenvalue weighted by atomic mass is 9.66. The van der Waals surface area contributed by atoms with E-state index in [1.54, 1.807) is 0 Å². The highest BCUT2D eigenvalue weighted by Gasteiger charge is 2.48. The first-order valence-electron chi connectivity index (χ1n) is 10.6. The Morgan fingerprint density at radius 2 is 1.73 bits per heavy atom. The van der Waals surface area contributed by atoms with Crippen LogP contribution >= 0.6 is 0 Å². The van der Waals surface area contributed by atoms with E-state index in [1.807, 2.05) is 6.08 Å². The lowest BCUT2D eigenvalue weighted by Crippen LogP contribution is -2.41. The van der Waals surface area contributed by atoms with Gasteiger partial charge in [0.15, 0.2) is 0 Å². The first-order valence-corrected chi connectivity index (χ1v) is 10.6. The van der Waals surface area contributed by atoms with Gasteiger partial charge in [-0.1, -0.05) is 63.1 Å². The lowest BCUT2D eigenvalue weighted by Gasteiger charge is -2.42. The zero-order chi connectivity index (χ0) is 18.6. The number of unbranched alkanes of at least 4 members (excludes halogenated alkanes) is 1. The molecule has 2 fully saturated rings. The SMILES string of the molecule is C=Cc1ccc(C2CCC(C3CCC(CCCC)CC3(F)F)CC2)cc1. The van der Waals surface area contributed by atoms with Crippen molar-refractivity contribution >= 4 is 6.08 Å². The Morgan fingerprint density at radius 1 is 1.04 bits per heavy atom. The highest BCUT2D eigenvalue weighted by atomic mass is 19.3. The van der Waals surface area contributed by atoms with Crippen LogP contribution in [0.15, 0.2) is 30.8 Å². The van der Waals surface area contributed by atoms with Gasteiger partial charge in [-0.25, -0.2) is 8.78 Å². The number of benzene rings is 1. The van der Waals surface area contributed by atoms with Crippen LogP contribution in [0.3, 0.4) is 0 Å². The van der Waals surface area contributed by atoms with Crippen LogP contribution in [0.1, 0.15) is 88.2 Å². The average molecular weight is 361 g/mol. The van der Waals surface area contributed by atoms with E-state index in [9.17, 15) is 8.78 Å². The van der Waals surface area contributed by atoms with Crippen LogP contribution in [0, 0.1) is 17.8 Å². The molecule has 1 aromatic carbocycles.